The van der Waals surface area contributed by atoms with Crippen LogP contribution >= 0.6 is 11.3 Å². The largest absolute Gasteiger partial charge is 0.493 e. The molecule has 1 fully saturated rings. The average Bonchev–Trinajstić information content (AvgIpc) is 3.20. The van der Waals surface area contributed by atoms with E-state index in [2.05, 4.69) is 32.4 Å². The van der Waals surface area contributed by atoms with E-state index >= 15 is 0 Å². The van der Waals surface area contributed by atoms with Crippen LogP contribution in [0.3, 0.4) is 0 Å². The lowest BCUT2D eigenvalue weighted by Crippen LogP contribution is -2.45. The summed E-state index contributed by atoms with van der Waals surface area (Å²) in [7, 11) is 6.80. The Balaban J connectivity index is 1.62. The van der Waals surface area contributed by atoms with Crippen LogP contribution in [0.1, 0.15) is 6.42 Å². The molecule has 2 aromatic rings. The lowest BCUT2D eigenvalue weighted by atomic mass is 10.2. The molecule has 0 radical (unpaired) electrons. The SMILES string of the molecule is COc1cc(-c2nnc(NC(=O)CCN3CCN(C)CC3)s2)cc(OC)c1OC. The molecular weight excluding hydrogens is 394 g/mol. The maximum absolute atomic E-state index is 12.3. The molecule has 1 aliphatic heterocycles. The van der Waals surface area contributed by atoms with Crippen LogP contribution in [-0.4, -0.2) is 87.0 Å². The monoisotopic (exact) mass is 421 g/mol. The highest BCUT2D eigenvalue weighted by Crippen LogP contribution is 2.42. The van der Waals surface area contributed by atoms with Gasteiger partial charge in [-0.2, -0.15) is 0 Å². The minimum atomic E-state index is -0.0588. The Morgan fingerprint density at radius 1 is 1.07 bits per heavy atom. The van der Waals surface area contributed by atoms with E-state index in [-0.39, 0.29) is 5.91 Å². The average molecular weight is 422 g/mol. The highest BCUT2D eigenvalue weighted by molar-refractivity contribution is 7.18. The molecule has 158 valence electrons. The molecule has 1 aliphatic rings. The van der Waals surface area contributed by atoms with Crippen LogP contribution in [0, 0.1) is 0 Å². The fourth-order valence-electron chi connectivity index (χ4n) is 3.11. The number of carbonyl (C=O) groups excluding carboxylic acids is 1. The molecule has 0 unspecified atom stereocenters. The van der Waals surface area contributed by atoms with Gasteiger partial charge in [-0.05, 0) is 19.2 Å². The number of hydrogen-bond donors (Lipinski definition) is 1. The fourth-order valence-corrected chi connectivity index (χ4v) is 3.85. The van der Waals surface area contributed by atoms with Crippen LogP contribution in [0.5, 0.6) is 17.2 Å². The number of amides is 1. The molecule has 1 aromatic carbocycles. The summed E-state index contributed by atoms with van der Waals surface area (Å²) >= 11 is 1.30. The number of piperazine rings is 1. The highest BCUT2D eigenvalue weighted by Gasteiger charge is 2.18. The molecule has 0 saturated carbocycles. The number of methoxy groups -OCH3 is 3. The fraction of sp³-hybridized carbons (Fsp3) is 0.526. The quantitative estimate of drug-likeness (QED) is 0.690. The third kappa shape index (κ3) is 5.34. The standard InChI is InChI=1S/C19H27N5O4S/c1-23-7-9-24(10-8-23)6-5-16(25)20-19-22-21-18(29-19)13-11-14(26-2)17(28-4)15(12-13)27-3/h11-12H,5-10H2,1-4H3,(H,20,22,25). The summed E-state index contributed by atoms with van der Waals surface area (Å²) in [4.78, 5) is 16.9. The molecule has 0 bridgehead atoms. The molecule has 0 aliphatic carbocycles. The Kier molecular flexibility index (Phi) is 7.24. The molecule has 1 N–H and O–H groups in total. The van der Waals surface area contributed by atoms with E-state index in [1.165, 1.54) is 11.3 Å². The zero-order valence-corrected chi connectivity index (χ0v) is 18.0. The first-order valence-corrected chi connectivity index (χ1v) is 10.2. The van der Waals surface area contributed by atoms with Crippen molar-refractivity contribution in [1.82, 2.24) is 20.0 Å². The topological polar surface area (TPSA) is 89.1 Å². The van der Waals surface area contributed by atoms with Gasteiger partial charge in [0.05, 0.1) is 21.3 Å². The van der Waals surface area contributed by atoms with Crippen molar-refractivity contribution in [2.45, 2.75) is 6.42 Å². The molecule has 1 saturated heterocycles. The van der Waals surface area contributed by atoms with Crippen LogP contribution in [0.15, 0.2) is 12.1 Å². The van der Waals surface area contributed by atoms with E-state index in [0.29, 0.717) is 33.8 Å². The second-order valence-corrected chi connectivity index (χ2v) is 7.75. The Morgan fingerprint density at radius 2 is 1.72 bits per heavy atom. The number of carbonyl (C=O) groups is 1. The van der Waals surface area contributed by atoms with Gasteiger partial charge in [-0.1, -0.05) is 11.3 Å². The van der Waals surface area contributed by atoms with Crippen molar-refractivity contribution in [2.24, 2.45) is 0 Å². The van der Waals surface area contributed by atoms with Crippen molar-refractivity contribution >= 4 is 22.4 Å². The van der Waals surface area contributed by atoms with Crippen LogP contribution in [0.2, 0.25) is 0 Å². The van der Waals surface area contributed by atoms with Gasteiger partial charge < -0.3 is 29.3 Å². The summed E-state index contributed by atoms with van der Waals surface area (Å²) in [6.07, 6.45) is 0.433. The predicted molar refractivity (Wildman–Crippen MR) is 112 cm³/mol. The molecule has 10 heteroatoms. The van der Waals surface area contributed by atoms with Gasteiger partial charge in [0.1, 0.15) is 5.01 Å². The highest BCUT2D eigenvalue weighted by atomic mass is 32.1. The molecule has 2 heterocycles. The smallest absolute Gasteiger partial charge is 0.227 e. The van der Waals surface area contributed by atoms with Gasteiger partial charge >= 0.3 is 0 Å². The minimum absolute atomic E-state index is 0.0588. The lowest BCUT2D eigenvalue weighted by molar-refractivity contribution is -0.116. The zero-order chi connectivity index (χ0) is 20.8. The lowest BCUT2D eigenvalue weighted by Gasteiger charge is -2.32. The number of ether oxygens (including phenoxy) is 3. The molecule has 0 spiro atoms. The maximum Gasteiger partial charge on any atom is 0.227 e. The first-order chi connectivity index (χ1) is 14.0. The number of benzene rings is 1. The van der Waals surface area contributed by atoms with Crippen molar-refractivity contribution in [3.63, 3.8) is 0 Å². The van der Waals surface area contributed by atoms with Crippen LogP contribution < -0.4 is 19.5 Å². The summed E-state index contributed by atoms with van der Waals surface area (Å²) < 4.78 is 16.1. The first-order valence-electron chi connectivity index (χ1n) is 9.38. The van der Waals surface area contributed by atoms with Crippen molar-refractivity contribution in [3.05, 3.63) is 12.1 Å². The van der Waals surface area contributed by atoms with Crippen molar-refractivity contribution < 1.29 is 19.0 Å². The maximum atomic E-state index is 12.3. The predicted octanol–water partition coefficient (Wildman–Crippen LogP) is 1.81. The third-order valence-electron chi connectivity index (χ3n) is 4.83. The Bertz CT molecular complexity index is 811. The second kappa shape index (κ2) is 9.86. The number of rotatable bonds is 8. The minimum Gasteiger partial charge on any atom is -0.493 e. The van der Waals surface area contributed by atoms with Gasteiger partial charge in [0.15, 0.2) is 11.5 Å². The molecule has 9 nitrogen and oxygen atoms in total. The molecule has 0 atom stereocenters. The van der Waals surface area contributed by atoms with Gasteiger partial charge in [0, 0.05) is 44.7 Å². The van der Waals surface area contributed by atoms with Crippen molar-refractivity contribution in [1.29, 1.82) is 0 Å². The number of nitrogens with one attached hydrogen (secondary N) is 1. The van der Waals surface area contributed by atoms with E-state index < -0.39 is 0 Å². The third-order valence-corrected chi connectivity index (χ3v) is 5.72. The number of nitrogens with zero attached hydrogens (tertiary/aromatic N) is 4. The normalized spacial score (nSPS) is 15.2. The van der Waals surface area contributed by atoms with Gasteiger partial charge in [-0.25, -0.2) is 0 Å². The molecule has 1 amide bonds. The van der Waals surface area contributed by atoms with E-state index in [4.69, 9.17) is 14.2 Å². The summed E-state index contributed by atoms with van der Waals surface area (Å²) in [5.41, 5.74) is 0.773. The van der Waals surface area contributed by atoms with E-state index in [9.17, 15) is 4.79 Å². The van der Waals surface area contributed by atoms with Gasteiger partial charge in [-0.15, -0.1) is 10.2 Å². The summed E-state index contributed by atoms with van der Waals surface area (Å²) in [6.45, 7) is 4.81. The summed E-state index contributed by atoms with van der Waals surface area (Å²) in [6, 6.07) is 3.61. The number of anilines is 1. The van der Waals surface area contributed by atoms with E-state index in [0.717, 1.165) is 38.3 Å². The van der Waals surface area contributed by atoms with Crippen LogP contribution in [-0.2, 0) is 4.79 Å². The number of hydrogen-bond acceptors (Lipinski definition) is 9. The number of aromatic nitrogens is 2. The Morgan fingerprint density at radius 3 is 2.31 bits per heavy atom. The summed E-state index contributed by atoms with van der Waals surface area (Å²) in [5, 5.41) is 12.2. The van der Waals surface area contributed by atoms with Gasteiger partial charge in [-0.3, -0.25) is 4.79 Å². The van der Waals surface area contributed by atoms with E-state index in [1.54, 1.807) is 33.5 Å². The van der Waals surface area contributed by atoms with Gasteiger partial charge in [0.2, 0.25) is 16.8 Å². The Hall–Kier alpha value is -2.43. The number of likely N-dealkylation sites (N-methyl/N-ethyl adjacent to an activating group) is 1. The Labute approximate surface area is 174 Å². The van der Waals surface area contributed by atoms with Crippen LogP contribution in [0.4, 0.5) is 5.13 Å². The van der Waals surface area contributed by atoms with Crippen molar-refractivity contribution in [3.8, 4) is 27.8 Å². The second-order valence-electron chi connectivity index (χ2n) is 6.77. The molecular formula is C19H27N5O4S. The molecule has 3 rings (SSSR count). The zero-order valence-electron chi connectivity index (χ0n) is 17.2. The first kappa shape index (κ1) is 21.3. The van der Waals surface area contributed by atoms with Crippen molar-refractivity contribution in [2.75, 3.05) is 66.4 Å². The van der Waals surface area contributed by atoms with Crippen LogP contribution in [0.25, 0.3) is 10.6 Å². The molecule has 1 aromatic heterocycles. The summed E-state index contributed by atoms with van der Waals surface area (Å²) in [5.74, 6) is 1.53. The molecule has 29 heavy (non-hydrogen) atoms. The van der Waals surface area contributed by atoms with E-state index in [1.807, 2.05) is 0 Å². The van der Waals surface area contributed by atoms with Gasteiger partial charge in [0.25, 0.3) is 0 Å².